The fourth-order valence-corrected chi connectivity index (χ4v) is 2.53. The van der Waals surface area contributed by atoms with Gasteiger partial charge in [0.2, 0.25) is 5.13 Å². The predicted molar refractivity (Wildman–Crippen MR) is 91.9 cm³/mol. The lowest BCUT2D eigenvalue weighted by Gasteiger charge is -2.13. The first kappa shape index (κ1) is 16.9. The first-order chi connectivity index (χ1) is 12.1. The summed E-state index contributed by atoms with van der Waals surface area (Å²) in [5.74, 6) is -0.349. The van der Waals surface area contributed by atoms with Crippen LogP contribution in [0.25, 0.3) is 0 Å². The quantitative estimate of drug-likeness (QED) is 0.625. The zero-order valence-corrected chi connectivity index (χ0v) is 13.7. The van der Waals surface area contributed by atoms with E-state index < -0.39 is 11.9 Å². The molecule has 0 aliphatic rings. The number of hydrogen-bond donors (Lipinski definition) is 3. The van der Waals surface area contributed by atoms with Crippen molar-refractivity contribution in [1.29, 1.82) is 0 Å². The lowest BCUT2D eigenvalue weighted by molar-refractivity contribution is 0.102. The second kappa shape index (κ2) is 7.77. The Morgan fingerprint density at radius 1 is 1.28 bits per heavy atom. The number of hydrogen-bond acceptors (Lipinski definition) is 7. The second-order valence-electron chi connectivity index (χ2n) is 5.05. The summed E-state index contributed by atoms with van der Waals surface area (Å²) in [5, 5.41) is 23.3. The number of nitrogens with one attached hydrogen (secondary N) is 2. The number of benzene rings is 1. The standard InChI is InChI=1S/C16H14FN5O2S/c17-12-4-2-1-3-11(12)13(23)8-19-14-6-5-10(7-18-14)15(24)21-16-22-20-9-25-16/h1-7,9,13,23H,8H2,(H,18,19)(H,21,22,24). The van der Waals surface area contributed by atoms with Crippen LogP contribution in [0, 0.1) is 5.82 Å². The molecule has 0 aliphatic heterocycles. The number of aliphatic hydroxyl groups is 1. The van der Waals surface area contributed by atoms with Crippen LogP contribution >= 0.6 is 11.3 Å². The number of aliphatic hydroxyl groups excluding tert-OH is 1. The van der Waals surface area contributed by atoms with Crippen LogP contribution in [0.1, 0.15) is 22.0 Å². The third-order valence-electron chi connectivity index (χ3n) is 3.35. The van der Waals surface area contributed by atoms with E-state index in [1.807, 2.05) is 0 Å². The van der Waals surface area contributed by atoms with Crippen LogP contribution in [0.5, 0.6) is 0 Å². The SMILES string of the molecule is O=C(Nc1nncs1)c1ccc(NCC(O)c2ccccc2F)nc1. The maximum Gasteiger partial charge on any atom is 0.259 e. The monoisotopic (exact) mass is 359 g/mol. The maximum atomic E-state index is 13.6. The summed E-state index contributed by atoms with van der Waals surface area (Å²) in [4.78, 5) is 16.1. The minimum Gasteiger partial charge on any atom is -0.386 e. The summed E-state index contributed by atoms with van der Waals surface area (Å²) < 4.78 is 13.6. The van der Waals surface area contributed by atoms with E-state index in [1.54, 1.807) is 24.3 Å². The van der Waals surface area contributed by atoms with Crippen molar-refractivity contribution in [1.82, 2.24) is 15.2 Å². The minimum absolute atomic E-state index is 0.0876. The fourth-order valence-electron chi connectivity index (χ4n) is 2.09. The number of anilines is 2. The third kappa shape index (κ3) is 4.34. The molecule has 3 aromatic rings. The smallest absolute Gasteiger partial charge is 0.259 e. The van der Waals surface area contributed by atoms with Crippen molar-refractivity contribution < 1.29 is 14.3 Å². The molecule has 2 aromatic heterocycles. The van der Waals surface area contributed by atoms with E-state index in [9.17, 15) is 14.3 Å². The number of nitrogens with zero attached hydrogens (tertiary/aromatic N) is 3. The molecule has 0 spiro atoms. The van der Waals surface area contributed by atoms with Gasteiger partial charge in [0.1, 0.15) is 17.1 Å². The highest BCUT2D eigenvalue weighted by molar-refractivity contribution is 7.13. The third-order valence-corrected chi connectivity index (χ3v) is 3.95. The van der Waals surface area contributed by atoms with Gasteiger partial charge in [0.15, 0.2) is 0 Å². The predicted octanol–water partition coefficient (Wildman–Crippen LogP) is 2.47. The van der Waals surface area contributed by atoms with Crippen LogP contribution in [0.4, 0.5) is 15.3 Å². The van der Waals surface area contributed by atoms with Crippen molar-refractivity contribution in [2.24, 2.45) is 0 Å². The normalized spacial score (nSPS) is 11.8. The summed E-state index contributed by atoms with van der Waals surface area (Å²) >= 11 is 1.21. The lowest BCUT2D eigenvalue weighted by atomic mass is 10.1. The summed E-state index contributed by atoms with van der Waals surface area (Å²) in [6.45, 7) is 0.0876. The number of carbonyl (C=O) groups excluding carboxylic acids is 1. The number of aromatic nitrogens is 3. The van der Waals surface area contributed by atoms with Crippen LogP contribution in [0.3, 0.4) is 0 Å². The lowest BCUT2D eigenvalue weighted by Crippen LogP contribution is -2.15. The Labute approximate surface area is 146 Å². The molecule has 0 saturated heterocycles. The second-order valence-corrected chi connectivity index (χ2v) is 5.88. The van der Waals surface area contributed by atoms with Crippen LogP contribution in [0.2, 0.25) is 0 Å². The number of carbonyl (C=O) groups is 1. The van der Waals surface area contributed by atoms with Gasteiger partial charge in [-0.25, -0.2) is 9.37 Å². The Kier molecular flexibility index (Phi) is 5.26. The Hall–Kier alpha value is -2.91. The molecule has 0 aliphatic carbocycles. The maximum absolute atomic E-state index is 13.6. The molecule has 1 amide bonds. The molecule has 9 heteroatoms. The Balaban J connectivity index is 1.57. The van der Waals surface area contributed by atoms with E-state index in [0.717, 1.165) is 0 Å². The summed E-state index contributed by atoms with van der Waals surface area (Å²) in [6, 6.07) is 9.22. The molecule has 3 N–H and O–H groups in total. The average Bonchev–Trinajstić information content (AvgIpc) is 3.13. The molecule has 25 heavy (non-hydrogen) atoms. The highest BCUT2D eigenvalue weighted by Gasteiger charge is 2.13. The Morgan fingerprint density at radius 3 is 2.80 bits per heavy atom. The molecule has 128 valence electrons. The molecule has 1 unspecified atom stereocenters. The van der Waals surface area contributed by atoms with Gasteiger partial charge in [0.25, 0.3) is 5.91 Å². The van der Waals surface area contributed by atoms with Crippen LogP contribution in [-0.4, -0.2) is 32.7 Å². The van der Waals surface area contributed by atoms with Crippen molar-refractivity contribution >= 4 is 28.2 Å². The zero-order chi connectivity index (χ0) is 17.6. The van der Waals surface area contributed by atoms with Crippen LogP contribution in [-0.2, 0) is 0 Å². The summed E-state index contributed by atoms with van der Waals surface area (Å²) in [7, 11) is 0. The van der Waals surface area contributed by atoms with Gasteiger partial charge < -0.3 is 10.4 Å². The number of amides is 1. The van der Waals surface area contributed by atoms with Gasteiger partial charge in [-0.3, -0.25) is 10.1 Å². The van der Waals surface area contributed by atoms with Gasteiger partial charge in [-0.05, 0) is 18.2 Å². The van der Waals surface area contributed by atoms with E-state index >= 15 is 0 Å². The van der Waals surface area contributed by atoms with Crippen LogP contribution in [0.15, 0.2) is 48.1 Å². The Bertz CT molecular complexity index is 842. The van der Waals surface area contributed by atoms with Crippen molar-refractivity contribution in [2.75, 3.05) is 17.2 Å². The largest absolute Gasteiger partial charge is 0.386 e. The molecule has 0 fully saturated rings. The van der Waals surface area contributed by atoms with Gasteiger partial charge >= 0.3 is 0 Å². The van der Waals surface area contributed by atoms with Gasteiger partial charge in [-0.1, -0.05) is 29.5 Å². The van der Waals surface area contributed by atoms with Gasteiger partial charge in [-0.2, -0.15) is 0 Å². The van der Waals surface area contributed by atoms with E-state index in [0.29, 0.717) is 16.5 Å². The number of pyridine rings is 1. The van der Waals surface area contributed by atoms with Gasteiger partial charge in [0, 0.05) is 18.3 Å². The van der Waals surface area contributed by atoms with Crippen molar-refractivity contribution in [3.8, 4) is 0 Å². The van der Waals surface area contributed by atoms with E-state index in [1.165, 1.54) is 35.2 Å². The summed E-state index contributed by atoms with van der Waals surface area (Å²) in [6.07, 6.45) is 0.386. The number of halogens is 1. The van der Waals surface area contributed by atoms with Gasteiger partial charge in [0.05, 0.1) is 11.7 Å². The van der Waals surface area contributed by atoms with E-state index in [2.05, 4.69) is 25.8 Å². The van der Waals surface area contributed by atoms with Crippen LogP contribution < -0.4 is 10.6 Å². The molecule has 3 rings (SSSR count). The molecule has 7 nitrogen and oxygen atoms in total. The first-order valence-corrected chi connectivity index (χ1v) is 8.21. The van der Waals surface area contributed by atoms with Crippen molar-refractivity contribution in [3.63, 3.8) is 0 Å². The summed E-state index contributed by atoms with van der Waals surface area (Å²) in [5.41, 5.74) is 2.08. The molecule has 0 bridgehead atoms. The number of rotatable bonds is 6. The highest BCUT2D eigenvalue weighted by Crippen LogP contribution is 2.17. The molecule has 2 heterocycles. The van der Waals surface area contributed by atoms with Crippen molar-refractivity contribution in [3.05, 3.63) is 65.0 Å². The molecular weight excluding hydrogens is 345 g/mol. The fraction of sp³-hybridized carbons (Fsp3) is 0.125. The molecule has 1 atom stereocenters. The Morgan fingerprint density at radius 2 is 2.12 bits per heavy atom. The molecule has 1 aromatic carbocycles. The average molecular weight is 359 g/mol. The topological polar surface area (TPSA) is 100 Å². The van der Waals surface area contributed by atoms with E-state index in [-0.39, 0.29) is 18.0 Å². The zero-order valence-electron chi connectivity index (χ0n) is 12.9. The first-order valence-electron chi connectivity index (χ1n) is 7.33. The van der Waals surface area contributed by atoms with E-state index in [4.69, 9.17) is 0 Å². The minimum atomic E-state index is -1.01. The molecule has 0 saturated carbocycles. The molecular formula is C16H14FN5O2S. The highest BCUT2D eigenvalue weighted by atomic mass is 32.1. The van der Waals surface area contributed by atoms with Crippen molar-refractivity contribution in [2.45, 2.75) is 6.10 Å². The van der Waals surface area contributed by atoms with Gasteiger partial charge in [-0.15, -0.1) is 10.2 Å². The molecule has 0 radical (unpaired) electrons.